The predicted molar refractivity (Wildman–Crippen MR) is 80.4 cm³/mol. The average Bonchev–Trinajstić information content (AvgIpc) is 2.32. The van der Waals surface area contributed by atoms with Crippen LogP contribution < -0.4 is 10.6 Å². The summed E-state index contributed by atoms with van der Waals surface area (Å²) in [6.07, 6.45) is 0. The molecule has 102 valence electrons. The van der Waals surface area contributed by atoms with Crippen molar-refractivity contribution in [3.8, 4) is 0 Å². The second kappa shape index (κ2) is 6.91. The van der Waals surface area contributed by atoms with Gasteiger partial charge in [-0.3, -0.25) is 0 Å². The summed E-state index contributed by atoms with van der Waals surface area (Å²) in [7, 11) is 0. The fourth-order valence-electron chi connectivity index (χ4n) is 2.02. The first kappa shape index (κ1) is 15.2. The highest BCUT2D eigenvalue weighted by Gasteiger charge is 2.20. The molecule has 0 radical (unpaired) electrons. The van der Waals surface area contributed by atoms with E-state index < -0.39 is 0 Å². The molecule has 0 amide bonds. The van der Waals surface area contributed by atoms with Crippen LogP contribution in [0.3, 0.4) is 0 Å². The van der Waals surface area contributed by atoms with Crippen LogP contribution in [0.1, 0.15) is 37.5 Å². The molecule has 0 saturated carbocycles. The van der Waals surface area contributed by atoms with E-state index >= 15 is 0 Å². The van der Waals surface area contributed by atoms with E-state index in [4.69, 9.17) is 0 Å². The first-order chi connectivity index (χ1) is 8.47. The van der Waals surface area contributed by atoms with Gasteiger partial charge in [0.1, 0.15) is 0 Å². The van der Waals surface area contributed by atoms with E-state index in [1.165, 1.54) is 16.7 Å². The molecule has 0 aromatic heterocycles. The molecule has 0 unspecified atom stereocenters. The molecule has 0 heterocycles. The third kappa shape index (κ3) is 4.43. The summed E-state index contributed by atoms with van der Waals surface area (Å²) in [5.74, 6) is 0. The summed E-state index contributed by atoms with van der Waals surface area (Å²) in [5, 5.41) is 6.86. The molecule has 0 bridgehead atoms. The van der Waals surface area contributed by atoms with Crippen molar-refractivity contribution in [2.45, 2.75) is 40.0 Å². The molecule has 2 nitrogen and oxygen atoms in total. The van der Waals surface area contributed by atoms with Gasteiger partial charge in [0.05, 0.1) is 0 Å². The van der Waals surface area contributed by atoms with Crippen molar-refractivity contribution in [1.82, 2.24) is 10.6 Å². The van der Waals surface area contributed by atoms with Crippen LogP contribution in [0, 0.1) is 13.8 Å². The fraction of sp³-hybridized carbons (Fsp3) is 0.625. The zero-order chi connectivity index (χ0) is 13.6. The van der Waals surface area contributed by atoms with Gasteiger partial charge in [-0.1, -0.05) is 39.0 Å². The van der Waals surface area contributed by atoms with Gasteiger partial charge < -0.3 is 10.6 Å². The van der Waals surface area contributed by atoms with E-state index in [0.29, 0.717) is 0 Å². The second-order valence-corrected chi connectivity index (χ2v) is 5.71. The Hall–Kier alpha value is -0.860. The molecule has 0 fully saturated rings. The highest BCUT2D eigenvalue weighted by Crippen LogP contribution is 2.24. The van der Waals surface area contributed by atoms with Crippen LogP contribution in [0.15, 0.2) is 18.2 Å². The molecule has 0 aliphatic rings. The van der Waals surface area contributed by atoms with Gasteiger partial charge in [0.2, 0.25) is 0 Å². The lowest BCUT2D eigenvalue weighted by Crippen LogP contribution is -2.36. The lowest BCUT2D eigenvalue weighted by Gasteiger charge is -2.26. The number of hydrogen-bond acceptors (Lipinski definition) is 2. The molecule has 0 spiro atoms. The van der Waals surface area contributed by atoms with Crippen molar-refractivity contribution in [3.05, 3.63) is 34.9 Å². The third-order valence-corrected chi connectivity index (χ3v) is 3.58. The van der Waals surface area contributed by atoms with Crippen LogP contribution in [0.25, 0.3) is 0 Å². The zero-order valence-electron chi connectivity index (χ0n) is 12.6. The summed E-state index contributed by atoms with van der Waals surface area (Å²) in [4.78, 5) is 0. The molecular weight excluding hydrogens is 220 g/mol. The number of rotatable bonds is 7. The van der Waals surface area contributed by atoms with Gasteiger partial charge in [0.15, 0.2) is 0 Å². The van der Waals surface area contributed by atoms with E-state index in [9.17, 15) is 0 Å². The first-order valence-corrected chi connectivity index (χ1v) is 6.96. The molecule has 18 heavy (non-hydrogen) atoms. The van der Waals surface area contributed by atoms with E-state index in [2.05, 4.69) is 63.5 Å². The van der Waals surface area contributed by atoms with Gasteiger partial charge in [-0.15, -0.1) is 0 Å². The van der Waals surface area contributed by atoms with E-state index in [-0.39, 0.29) is 5.41 Å². The second-order valence-electron chi connectivity index (χ2n) is 5.71. The minimum atomic E-state index is 0.185. The largest absolute Gasteiger partial charge is 0.316 e. The summed E-state index contributed by atoms with van der Waals surface area (Å²) >= 11 is 0. The van der Waals surface area contributed by atoms with E-state index in [1.807, 2.05) is 0 Å². The van der Waals surface area contributed by atoms with Crippen molar-refractivity contribution in [1.29, 1.82) is 0 Å². The van der Waals surface area contributed by atoms with Crippen molar-refractivity contribution < 1.29 is 0 Å². The Bertz CT molecular complexity index is 369. The highest BCUT2D eigenvalue weighted by molar-refractivity contribution is 5.34. The zero-order valence-corrected chi connectivity index (χ0v) is 12.6. The summed E-state index contributed by atoms with van der Waals surface area (Å²) in [5.41, 5.74) is 4.36. The SMILES string of the molecule is CCNCCNCC(C)(C)c1ccc(C)c(C)c1. The van der Waals surface area contributed by atoms with Gasteiger partial charge in [-0.2, -0.15) is 0 Å². The lowest BCUT2D eigenvalue weighted by molar-refractivity contribution is 0.466. The normalized spacial score (nSPS) is 11.8. The first-order valence-electron chi connectivity index (χ1n) is 6.96. The molecule has 1 rings (SSSR count). The smallest absolute Gasteiger partial charge is 0.00770 e. The molecule has 0 aliphatic carbocycles. The Balaban J connectivity index is 2.54. The van der Waals surface area contributed by atoms with Crippen LogP contribution in [-0.4, -0.2) is 26.2 Å². The minimum absolute atomic E-state index is 0.185. The fourth-order valence-corrected chi connectivity index (χ4v) is 2.02. The third-order valence-electron chi connectivity index (χ3n) is 3.58. The van der Waals surface area contributed by atoms with Crippen LogP contribution in [0.4, 0.5) is 0 Å². The Labute approximate surface area is 112 Å². The Kier molecular flexibility index (Phi) is 5.83. The molecule has 2 heteroatoms. The summed E-state index contributed by atoms with van der Waals surface area (Å²) in [6, 6.07) is 6.81. The highest BCUT2D eigenvalue weighted by atomic mass is 14.9. The number of nitrogens with one attached hydrogen (secondary N) is 2. The maximum Gasteiger partial charge on any atom is 0.00770 e. The molecule has 1 aromatic carbocycles. The molecule has 0 atom stereocenters. The van der Waals surface area contributed by atoms with Crippen LogP contribution in [0.5, 0.6) is 0 Å². The van der Waals surface area contributed by atoms with Gasteiger partial charge in [0, 0.05) is 25.0 Å². The summed E-state index contributed by atoms with van der Waals surface area (Å²) in [6.45, 7) is 15.2. The molecule has 0 aliphatic heterocycles. The Morgan fingerprint density at radius 3 is 2.28 bits per heavy atom. The van der Waals surface area contributed by atoms with Gasteiger partial charge in [-0.25, -0.2) is 0 Å². The standard InChI is InChI=1S/C16H28N2/c1-6-17-9-10-18-12-16(4,5)15-8-7-13(2)14(3)11-15/h7-8,11,17-18H,6,9-10,12H2,1-5H3. The summed E-state index contributed by atoms with van der Waals surface area (Å²) < 4.78 is 0. The van der Waals surface area contributed by atoms with Crippen molar-refractivity contribution >= 4 is 0 Å². The Morgan fingerprint density at radius 2 is 1.67 bits per heavy atom. The van der Waals surface area contributed by atoms with Crippen molar-refractivity contribution in [2.75, 3.05) is 26.2 Å². The molecule has 1 aromatic rings. The minimum Gasteiger partial charge on any atom is -0.316 e. The van der Waals surface area contributed by atoms with Crippen molar-refractivity contribution in [2.24, 2.45) is 0 Å². The van der Waals surface area contributed by atoms with E-state index in [0.717, 1.165) is 26.2 Å². The van der Waals surface area contributed by atoms with Crippen LogP contribution >= 0.6 is 0 Å². The topological polar surface area (TPSA) is 24.1 Å². The maximum atomic E-state index is 3.53. The Morgan fingerprint density at radius 1 is 1.00 bits per heavy atom. The van der Waals surface area contributed by atoms with Crippen LogP contribution in [0.2, 0.25) is 0 Å². The van der Waals surface area contributed by atoms with Gasteiger partial charge >= 0.3 is 0 Å². The lowest BCUT2D eigenvalue weighted by atomic mass is 9.83. The number of benzene rings is 1. The molecule has 0 saturated heterocycles. The average molecular weight is 248 g/mol. The predicted octanol–water partition coefficient (Wildman–Crippen LogP) is 2.78. The molecule has 2 N–H and O–H groups in total. The maximum absolute atomic E-state index is 3.53. The molecular formula is C16H28N2. The number of aryl methyl sites for hydroxylation is 2. The number of likely N-dealkylation sites (N-methyl/N-ethyl adjacent to an activating group) is 1. The van der Waals surface area contributed by atoms with E-state index in [1.54, 1.807) is 0 Å². The monoisotopic (exact) mass is 248 g/mol. The quantitative estimate of drug-likeness (QED) is 0.725. The van der Waals surface area contributed by atoms with Gasteiger partial charge in [0.25, 0.3) is 0 Å². The van der Waals surface area contributed by atoms with Crippen molar-refractivity contribution in [3.63, 3.8) is 0 Å². The van der Waals surface area contributed by atoms with Crippen LogP contribution in [-0.2, 0) is 5.41 Å². The number of hydrogen-bond donors (Lipinski definition) is 2. The van der Waals surface area contributed by atoms with Gasteiger partial charge in [-0.05, 0) is 37.1 Å².